The lowest BCUT2D eigenvalue weighted by atomic mass is 10.2. The second-order valence-corrected chi connectivity index (χ2v) is 5.73. The van der Waals surface area contributed by atoms with Crippen molar-refractivity contribution in [2.24, 2.45) is 7.05 Å². The van der Waals surface area contributed by atoms with Crippen molar-refractivity contribution in [3.05, 3.63) is 58.5 Å². The molecule has 0 atom stereocenters. The predicted molar refractivity (Wildman–Crippen MR) is 86.3 cm³/mol. The molecule has 0 aliphatic rings. The molecule has 3 rings (SSSR count). The van der Waals surface area contributed by atoms with E-state index in [1.165, 1.54) is 0 Å². The Labute approximate surface area is 134 Å². The van der Waals surface area contributed by atoms with Gasteiger partial charge in [0, 0.05) is 34.8 Å². The summed E-state index contributed by atoms with van der Waals surface area (Å²) >= 11 is 3.25. The summed E-state index contributed by atoms with van der Waals surface area (Å²) in [6.45, 7) is 0. The first-order valence-corrected chi connectivity index (χ1v) is 7.34. The fourth-order valence-electron chi connectivity index (χ4n) is 2.27. The van der Waals surface area contributed by atoms with Crippen LogP contribution in [-0.2, 0) is 7.05 Å². The molecule has 0 unspecified atom stereocenters. The maximum absolute atomic E-state index is 12.3. The van der Waals surface area contributed by atoms with E-state index in [9.17, 15) is 9.59 Å². The van der Waals surface area contributed by atoms with Crippen LogP contribution in [-0.4, -0.2) is 21.4 Å². The van der Waals surface area contributed by atoms with Crippen molar-refractivity contribution in [3.63, 3.8) is 0 Å². The summed E-state index contributed by atoms with van der Waals surface area (Å²) in [6.07, 6.45) is 3.37. The van der Waals surface area contributed by atoms with Crippen molar-refractivity contribution in [1.29, 1.82) is 0 Å². The van der Waals surface area contributed by atoms with E-state index in [0.29, 0.717) is 11.3 Å². The molecule has 0 aliphatic carbocycles. The van der Waals surface area contributed by atoms with Crippen LogP contribution in [0.25, 0.3) is 10.9 Å². The number of hydrazine groups is 1. The highest BCUT2D eigenvalue weighted by Gasteiger charge is 2.15. The number of aromatic nitrogens is 2. The molecule has 22 heavy (non-hydrogen) atoms. The SMILES string of the molecule is Cn1cc(C(=O)NNC(=O)c2cc(Br)c[nH]2)c2ccccc21. The molecule has 2 heterocycles. The molecule has 3 N–H and O–H groups in total. The zero-order chi connectivity index (χ0) is 15.7. The van der Waals surface area contributed by atoms with Gasteiger partial charge < -0.3 is 9.55 Å². The van der Waals surface area contributed by atoms with Crippen LogP contribution in [0.3, 0.4) is 0 Å². The lowest BCUT2D eigenvalue weighted by Crippen LogP contribution is -2.41. The third-order valence-electron chi connectivity index (χ3n) is 3.32. The lowest BCUT2D eigenvalue weighted by Gasteiger charge is -2.05. The fourth-order valence-corrected chi connectivity index (χ4v) is 2.61. The summed E-state index contributed by atoms with van der Waals surface area (Å²) in [5.74, 6) is -0.782. The summed E-state index contributed by atoms with van der Waals surface area (Å²) in [4.78, 5) is 26.9. The number of benzene rings is 1. The molecule has 0 radical (unpaired) electrons. The average Bonchev–Trinajstić information content (AvgIpc) is 3.09. The zero-order valence-corrected chi connectivity index (χ0v) is 13.3. The second-order valence-electron chi connectivity index (χ2n) is 4.81. The topological polar surface area (TPSA) is 78.9 Å². The van der Waals surface area contributed by atoms with Crippen molar-refractivity contribution in [2.45, 2.75) is 0 Å². The molecule has 112 valence electrons. The van der Waals surface area contributed by atoms with Crippen molar-refractivity contribution >= 4 is 38.6 Å². The number of halogens is 1. The Hall–Kier alpha value is -2.54. The number of hydrogen-bond acceptors (Lipinski definition) is 2. The molecule has 0 fully saturated rings. The van der Waals surface area contributed by atoms with Crippen molar-refractivity contribution < 1.29 is 9.59 Å². The summed E-state index contributed by atoms with van der Waals surface area (Å²) in [5, 5.41) is 0.833. The summed E-state index contributed by atoms with van der Waals surface area (Å²) in [7, 11) is 1.87. The van der Waals surface area contributed by atoms with Gasteiger partial charge in [0.25, 0.3) is 11.8 Å². The van der Waals surface area contributed by atoms with Crippen LogP contribution in [0.15, 0.2) is 47.2 Å². The van der Waals surface area contributed by atoms with Crippen LogP contribution >= 0.6 is 15.9 Å². The van der Waals surface area contributed by atoms with Gasteiger partial charge in [0.1, 0.15) is 5.69 Å². The van der Waals surface area contributed by atoms with E-state index in [1.54, 1.807) is 18.5 Å². The lowest BCUT2D eigenvalue weighted by molar-refractivity contribution is 0.0845. The number of hydrogen-bond donors (Lipinski definition) is 3. The Morgan fingerprint density at radius 1 is 1.18 bits per heavy atom. The molecule has 2 amide bonds. The smallest absolute Gasteiger partial charge is 0.286 e. The highest BCUT2D eigenvalue weighted by atomic mass is 79.9. The number of amides is 2. The van der Waals surface area contributed by atoms with Gasteiger partial charge in [-0.15, -0.1) is 0 Å². The zero-order valence-electron chi connectivity index (χ0n) is 11.7. The van der Waals surface area contributed by atoms with Crippen LogP contribution in [0.4, 0.5) is 0 Å². The van der Waals surface area contributed by atoms with Gasteiger partial charge >= 0.3 is 0 Å². The molecular formula is C15H13BrN4O2. The van der Waals surface area contributed by atoms with Gasteiger partial charge in [0.15, 0.2) is 0 Å². The van der Waals surface area contributed by atoms with Crippen molar-refractivity contribution in [3.8, 4) is 0 Å². The Morgan fingerprint density at radius 3 is 2.64 bits per heavy atom. The fraction of sp³-hybridized carbons (Fsp3) is 0.0667. The van der Waals surface area contributed by atoms with Crippen LogP contribution in [0, 0.1) is 0 Å². The van der Waals surface area contributed by atoms with Gasteiger partial charge in [-0.05, 0) is 28.1 Å². The number of aromatic amines is 1. The number of fused-ring (bicyclic) bond motifs is 1. The number of nitrogens with zero attached hydrogens (tertiary/aromatic N) is 1. The van der Waals surface area contributed by atoms with E-state index in [4.69, 9.17) is 0 Å². The third kappa shape index (κ3) is 2.62. The monoisotopic (exact) mass is 360 g/mol. The van der Waals surface area contributed by atoms with Crippen LogP contribution in [0.1, 0.15) is 20.8 Å². The van der Waals surface area contributed by atoms with Gasteiger partial charge in [-0.25, -0.2) is 0 Å². The summed E-state index contributed by atoms with van der Waals surface area (Å²) in [5.41, 5.74) is 6.62. The third-order valence-corrected chi connectivity index (χ3v) is 3.78. The molecule has 0 saturated carbocycles. The number of nitrogens with one attached hydrogen (secondary N) is 3. The molecule has 0 aliphatic heterocycles. The largest absolute Gasteiger partial charge is 0.356 e. The van der Waals surface area contributed by atoms with E-state index < -0.39 is 5.91 Å². The molecule has 7 heteroatoms. The number of para-hydroxylation sites is 1. The molecular weight excluding hydrogens is 348 g/mol. The Bertz CT molecular complexity index is 865. The maximum Gasteiger partial charge on any atom is 0.286 e. The summed E-state index contributed by atoms with van der Waals surface area (Å²) < 4.78 is 2.63. The average molecular weight is 361 g/mol. The standard InChI is InChI=1S/C15H13BrN4O2/c1-20-8-11(10-4-2-3-5-13(10)20)14(21)18-19-15(22)12-6-9(16)7-17-12/h2-8,17H,1H3,(H,18,21)(H,19,22). The van der Waals surface area contributed by atoms with Gasteiger partial charge in [-0.3, -0.25) is 20.4 Å². The predicted octanol–water partition coefficient (Wildman–Crippen LogP) is 2.34. The highest BCUT2D eigenvalue weighted by Crippen LogP contribution is 2.19. The normalized spacial score (nSPS) is 10.6. The van der Waals surface area contributed by atoms with E-state index in [2.05, 4.69) is 31.8 Å². The van der Waals surface area contributed by atoms with E-state index >= 15 is 0 Å². The van der Waals surface area contributed by atoms with Crippen LogP contribution in [0.5, 0.6) is 0 Å². The first kappa shape index (κ1) is 14.4. The van der Waals surface area contributed by atoms with E-state index in [1.807, 2.05) is 35.9 Å². The number of rotatable bonds is 2. The minimum atomic E-state index is -0.417. The van der Waals surface area contributed by atoms with E-state index in [0.717, 1.165) is 15.4 Å². The van der Waals surface area contributed by atoms with Crippen molar-refractivity contribution in [1.82, 2.24) is 20.4 Å². The van der Waals surface area contributed by atoms with Gasteiger partial charge in [0.2, 0.25) is 0 Å². The molecule has 1 aromatic carbocycles. The quantitative estimate of drug-likeness (QED) is 0.613. The molecule has 0 saturated heterocycles. The number of aryl methyl sites for hydroxylation is 1. The maximum atomic E-state index is 12.3. The number of H-pyrrole nitrogens is 1. The summed E-state index contributed by atoms with van der Waals surface area (Å²) in [6, 6.07) is 9.21. The Morgan fingerprint density at radius 2 is 1.91 bits per heavy atom. The van der Waals surface area contributed by atoms with Gasteiger partial charge in [0.05, 0.1) is 5.56 Å². The second kappa shape index (κ2) is 5.69. The van der Waals surface area contributed by atoms with Crippen LogP contribution in [0.2, 0.25) is 0 Å². The van der Waals surface area contributed by atoms with Gasteiger partial charge in [-0.1, -0.05) is 18.2 Å². The van der Waals surface area contributed by atoms with Crippen molar-refractivity contribution in [2.75, 3.05) is 0 Å². The first-order chi connectivity index (χ1) is 10.6. The van der Waals surface area contributed by atoms with E-state index in [-0.39, 0.29) is 5.91 Å². The minimum Gasteiger partial charge on any atom is -0.356 e. The molecule has 6 nitrogen and oxygen atoms in total. The molecule has 3 aromatic rings. The first-order valence-electron chi connectivity index (χ1n) is 6.55. The van der Waals surface area contributed by atoms with Crippen LogP contribution < -0.4 is 10.9 Å². The minimum absolute atomic E-state index is 0.352. The number of carbonyl (C=O) groups is 2. The molecule has 2 aromatic heterocycles. The van der Waals surface area contributed by atoms with Gasteiger partial charge in [-0.2, -0.15) is 0 Å². The molecule has 0 spiro atoms. The Balaban J connectivity index is 1.75. The Kier molecular flexibility index (Phi) is 3.72. The number of carbonyl (C=O) groups excluding carboxylic acids is 2. The highest BCUT2D eigenvalue weighted by molar-refractivity contribution is 9.10. The molecule has 0 bridgehead atoms.